The number of carbonyl (C=O) groups excluding carboxylic acids is 1. The number of alkyl halides is 37. The number of esters is 1. The van der Waals surface area contributed by atoms with Crippen LogP contribution in [0.25, 0.3) is 0 Å². The van der Waals surface area contributed by atoms with Crippen molar-refractivity contribution in [3.05, 3.63) is 0 Å². The van der Waals surface area contributed by atoms with Crippen molar-refractivity contribution < 1.29 is 196 Å². The molecule has 0 aliphatic carbocycles. The van der Waals surface area contributed by atoms with Gasteiger partial charge in [-0.2, -0.15) is 162 Å². The van der Waals surface area contributed by atoms with Crippen LogP contribution in [-0.4, -0.2) is 132 Å². The second kappa shape index (κ2) is 25.9. The topological polar surface area (TPSA) is 91.3 Å². The van der Waals surface area contributed by atoms with E-state index in [1.165, 1.54) is 0 Å². The number of aliphatic carboxylic acids is 1. The summed E-state index contributed by atoms with van der Waals surface area (Å²) in [6.07, 6.45) is -55.2. The smallest absolute Gasteiger partial charge is 0.460 e. The van der Waals surface area contributed by atoms with Crippen LogP contribution in [-0.2, 0) is 28.5 Å². The van der Waals surface area contributed by atoms with Gasteiger partial charge in [-0.25, -0.2) is 14.2 Å². The van der Waals surface area contributed by atoms with Gasteiger partial charge in [-0.15, -0.1) is 0 Å². The number of unbranched alkanes of at least 4 members (excludes halogenated alkanes) is 13. The van der Waals surface area contributed by atoms with Crippen LogP contribution in [0.2, 0.25) is 0 Å². The predicted molar refractivity (Wildman–Crippen MR) is 195 cm³/mol. The van der Waals surface area contributed by atoms with E-state index in [4.69, 9.17) is 5.11 Å². The average Bonchev–Trinajstić information content (AvgIpc) is 3.28. The molecule has 0 aromatic carbocycles. The van der Waals surface area contributed by atoms with Crippen molar-refractivity contribution in [3.8, 4) is 0 Å². The Morgan fingerprint density at radius 3 is 0.795 bits per heavy atom. The highest BCUT2D eigenvalue weighted by molar-refractivity contribution is 5.79. The molecule has 0 aromatic rings. The number of rotatable bonds is 39. The lowest BCUT2D eigenvalue weighted by Crippen LogP contribution is -2.73. The van der Waals surface area contributed by atoms with Crippen LogP contribution >= 0.6 is 0 Å². The highest BCUT2D eigenvalue weighted by atomic mass is 19.4. The first-order valence-corrected chi connectivity index (χ1v) is 22.4. The molecule has 0 aliphatic rings. The molecule has 496 valence electrons. The Labute approximate surface area is 438 Å². The number of ether oxygens (including phenoxy) is 4. The molecule has 0 fully saturated rings. The van der Waals surface area contributed by atoms with Crippen molar-refractivity contribution >= 4 is 11.9 Å². The number of carboxylic acid groups (broad SMARTS) is 1. The molecule has 0 rings (SSSR count). The SMILES string of the molecule is CCCCCCCCCCCCCCCCC(CC(=O)O)C(=O)OCC(F)(F)C(F)(F)C(F)(F)C(F)(F)OC(F)(F)C(F)(F)C(F)(F)C(F)(F)C(F)(F)OC(F)(F)C(F)(F)C(F)(F)C(F)(F)C(F)(F)OC(F)(F)C(F)(F)C(F)(F)C(F)(F)F. The van der Waals surface area contributed by atoms with E-state index < -0.39 is 145 Å². The number of hydrogen-bond acceptors (Lipinski definition) is 6. The van der Waals surface area contributed by atoms with Gasteiger partial charge in [-0.3, -0.25) is 9.59 Å². The first kappa shape index (κ1) is 79.2. The normalized spacial score (nSPS) is 15.9. The molecule has 1 atom stereocenters. The third kappa shape index (κ3) is 15.7. The van der Waals surface area contributed by atoms with E-state index in [1.807, 2.05) is 6.92 Å². The zero-order chi connectivity index (χ0) is 66.6. The van der Waals surface area contributed by atoms with Crippen LogP contribution in [0.1, 0.15) is 110 Å². The second-order valence-corrected chi connectivity index (χ2v) is 17.6. The molecule has 1 unspecified atom stereocenters. The van der Waals surface area contributed by atoms with Crippen LogP contribution in [0.5, 0.6) is 0 Å². The number of halogens is 37. The number of carboxylic acids is 1. The minimum absolute atomic E-state index is 0.121. The van der Waals surface area contributed by atoms with Crippen molar-refractivity contribution in [2.24, 2.45) is 5.92 Å². The number of hydrogen-bond donors (Lipinski definition) is 1. The van der Waals surface area contributed by atoms with Crippen LogP contribution in [0.3, 0.4) is 0 Å². The van der Waals surface area contributed by atoms with E-state index in [1.54, 1.807) is 0 Å². The molecule has 0 aliphatic heterocycles. The lowest BCUT2D eigenvalue weighted by molar-refractivity contribution is -0.549. The highest BCUT2D eigenvalue weighted by Gasteiger charge is 2.95. The first-order valence-electron chi connectivity index (χ1n) is 22.4. The summed E-state index contributed by atoms with van der Waals surface area (Å²) < 4.78 is 516. The Morgan fingerprint density at radius 1 is 0.325 bits per heavy atom. The molecule has 0 saturated carbocycles. The van der Waals surface area contributed by atoms with E-state index in [2.05, 4.69) is 4.74 Å². The summed E-state index contributed by atoms with van der Waals surface area (Å²) in [5, 5.41) is 8.99. The first-order chi connectivity index (χ1) is 36.4. The van der Waals surface area contributed by atoms with Gasteiger partial charge < -0.3 is 9.84 Å². The van der Waals surface area contributed by atoms with Crippen molar-refractivity contribution in [3.63, 3.8) is 0 Å². The monoisotopic (exact) mass is 1320 g/mol. The second-order valence-electron chi connectivity index (χ2n) is 17.6. The molecule has 7 nitrogen and oxygen atoms in total. The fourth-order valence-corrected chi connectivity index (χ4v) is 6.24. The summed E-state index contributed by atoms with van der Waals surface area (Å²) in [5.41, 5.74) is 0. The predicted octanol–water partition coefficient (Wildman–Crippen LogP) is 17.6. The van der Waals surface area contributed by atoms with Gasteiger partial charge >= 0.3 is 120 Å². The Balaban J connectivity index is 6.60. The van der Waals surface area contributed by atoms with Gasteiger partial charge in [0.05, 0.1) is 12.3 Å². The van der Waals surface area contributed by atoms with Gasteiger partial charge in [0.15, 0.2) is 6.61 Å². The molecule has 0 saturated heterocycles. The molecular weight excluding hydrogens is 1280 g/mol. The fraction of sp³-hybridized carbons (Fsp3) is 0.949. The Kier molecular flexibility index (Phi) is 24.7. The van der Waals surface area contributed by atoms with Crippen molar-refractivity contribution in [1.82, 2.24) is 0 Å². The molecule has 1 N–H and O–H groups in total. The maximum atomic E-state index is 14.4. The summed E-state index contributed by atoms with van der Waals surface area (Å²) in [6, 6.07) is 0. The van der Waals surface area contributed by atoms with Gasteiger partial charge in [0.25, 0.3) is 0 Å². The molecule has 44 heteroatoms. The third-order valence-electron chi connectivity index (χ3n) is 11.2. The third-order valence-corrected chi connectivity index (χ3v) is 11.2. The Bertz CT molecular complexity index is 2090. The number of carbonyl (C=O) groups is 2. The summed E-state index contributed by atoms with van der Waals surface area (Å²) in [4.78, 5) is 23.5. The average molecular weight is 1320 g/mol. The van der Waals surface area contributed by atoms with Crippen LogP contribution in [0.15, 0.2) is 0 Å². The van der Waals surface area contributed by atoms with E-state index in [-0.39, 0.29) is 12.8 Å². The zero-order valence-corrected chi connectivity index (χ0v) is 40.5. The lowest BCUT2D eigenvalue weighted by Gasteiger charge is -2.43. The Morgan fingerprint density at radius 2 is 0.554 bits per heavy atom. The van der Waals surface area contributed by atoms with E-state index >= 15 is 0 Å². The van der Waals surface area contributed by atoms with Crippen molar-refractivity contribution in [2.45, 2.75) is 218 Å². The molecule has 0 spiro atoms. The van der Waals surface area contributed by atoms with Gasteiger partial charge in [0.1, 0.15) is 0 Å². The standard InChI is InChI=1S/C39H39F37O7/c1-2-3-4-5-6-7-8-9-10-11-12-13-14-15-16-19(17-20(77)78)21(79)80-18-22(40,41)23(42,43)27(50,51)34(65,66)81-35(67,68)28(52,53)24(44,45)29(54,55)36(69,70)82-37(71,72)30(56,57)25(46,47)31(58,59)38(73,74)83-39(75,76)32(60,61)26(48,49)33(62,63)64/h19H,2-18H2,1H3,(H,77,78). The fourth-order valence-electron chi connectivity index (χ4n) is 6.24. The minimum atomic E-state index is -9.77. The summed E-state index contributed by atoms with van der Waals surface area (Å²) in [7, 11) is 0. The molecule has 83 heavy (non-hydrogen) atoms. The van der Waals surface area contributed by atoms with E-state index in [0.29, 0.717) is 28.7 Å². The molecule has 0 aromatic heterocycles. The van der Waals surface area contributed by atoms with Crippen LogP contribution < -0.4 is 0 Å². The van der Waals surface area contributed by atoms with Gasteiger partial charge in [-0.05, 0) is 6.42 Å². The minimum Gasteiger partial charge on any atom is -0.481 e. The lowest BCUT2D eigenvalue weighted by atomic mass is 9.97. The summed E-state index contributed by atoms with van der Waals surface area (Å²) in [6.45, 7) is -1.68. The largest absolute Gasteiger partial charge is 0.481 e. The molecule has 0 radical (unpaired) electrons. The molecule has 0 amide bonds. The van der Waals surface area contributed by atoms with Crippen LogP contribution in [0.4, 0.5) is 162 Å². The van der Waals surface area contributed by atoms with Gasteiger partial charge in [0.2, 0.25) is 0 Å². The molecular formula is C39H39F37O7. The van der Waals surface area contributed by atoms with Crippen molar-refractivity contribution in [1.29, 1.82) is 0 Å². The zero-order valence-electron chi connectivity index (χ0n) is 40.5. The maximum Gasteiger partial charge on any atom is 0.460 e. The molecule has 0 heterocycles. The van der Waals surface area contributed by atoms with E-state index in [9.17, 15) is 172 Å². The van der Waals surface area contributed by atoms with E-state index in [0.717, 1.165) is 62.5 Å². The quantitative estimate of drug-likeness (QED) is 0.0372. The Hall–Kier alpha value is -3.77. The summed E-state index contributed by atoms with van der Waals surface area (Å²) >= 11 is 0. The highest BCUT2D eigenvalue weighted by Crippen LogP contribution is 2.65. The molecule has 0 bridgehead atoms. The van der Waals surface area contributed by atoms with Crippen molar-refractivity contribution in [2.75, 3.05) is 6.61 Å². The van der Waals surface area contributed by atoms with Crippen LogP contribution in [0, 0.1) is 5.92 Å². The maximum absolute atomic E-state index is 14.4. The van der Waals surface area contributed by atoms with Gasteiger partial charge in [-0.1, -0.05) is 96.8 Å². The van der Waals surface area contributed by atoms with Gasteiger partial charge in [0, 0.05) is 0 Å². The summed E-state index contributed by atoms with van der Waals surface area (Å²) in [5.74, 6) is -107.